The van der Waals surface area contributed by atoms with E-state index in [9.17, 15) is 14.4 Å². The average molecular weight is 362 g/mol. The molecule has 0 radical (unpaired) electrons. The lowest BCUT2D eigenvalue weighted by Crippen LogP contribution is -2.47. The van der Waals surface area contributed by atoms with Crippen molar-refractivity contribution in [2.24, 2.45) is 0 Å². The molecule has 2 rings (SSSR count). The van der Waals surface area contributed by atoms with Crippen LogP contribution in [-0.2, 0) is 4.74 Å². The number of nitrogens with zero attached hydrogens (tertiary/aromatic N) is 1. The van der Waals surface area contributed by atoms with Gasteiger partial charge in [0.1, 0.15) is 0 Å². The van der Waals surface area contributed by atoms with Gasteiger partial charge in [-0.3, -0.25) is 4.79 Å². The Labute approximate surface area is 153 Å². The molecule has 1 aromatic carbocycles. The average Bonchev–Trinajstić information content (AvgIpc) is 2.63. The number of ether oxygens (including phenoxy) is 1. The Morgan fingerprint density at radius 1 is 1.23 bits per heavy atom. The van der Waals surface area contributed by atoms with Crippen LogP contribution in [0, 0.1) is 6.92 Å². The molecule has 0 aliphatic carbocycles. The van der Waals surface area contributed by atoms with Gasteiger partial charge in [-0.1, -0.05) is 0 Å². The lowest BCUT2D eigenvalue weighted by molar-refractivity contribution is 0.0952. The summed E-state index contributed by atoms with van der Waals surface area (Å²) in [6.07, 6.45) is 1.06. The number of piperidine rings is 1. The molecule has 3 N–H and O–H groups in total. The molecule has 0 unspecified atom stereocenters. The smallest absolute Gasteiger partial charge is 0.409 e. The van der Waals surface area contributed by atoms with Crippen LogP contribution in [0.5, 0.6) is 0 Å². The maximum atomic E-state index is 12.2. The molecular weight excluding hydrogens is 336 g/mol. The van der Waals surface area contributed by atoms with Crippen LogP contribution in [0.2, 0.25) is 0 Å². The standard InChI is InChI=1S/C18H26N4O4/c1-4-26-18(25)22-9-7-14(8-10-22)20-17(24)21-15-6-5-13(11-12(15)2)16(23)19-3/h5-6,11,14H,4,7-10H2,1-3H3,(H,19,23)(H2,20,21,24). The number of urea groups is 1. The van der Waals surface area contributed by atoms with Gasteiger partial charge in [0.2, 0.25) is 0 Å². The van der Waals surface area contributed by atoms with E-state index in [4.69, 9.17) is 4.74 Å². The van der Waals surface area contributed by atoms with Gasteiger partial charge in [-0.15, -0.1) is 0 Å². The van der Waals surface area contributed by atoms with E-state index >= 15 is 0 Å². The number of aryl methyl sites for hydroxylation is 1. The Kier molecular flexibility index (Phi) is 6.82. The minimum absolute atomic E-state index is 0.00567. The summed E-state index contributed by atoms with van der Waals surface area (Å²) < 4.78 is 4.98. The van der Waals surface area contributed by atoms with E-state index in [-0.39, 0.29) is 24.1 Å². The topological polar surface area (TPSA) is 99.8 Å². The first-order valence-corrected chi connectivity index (χ1v) is 8.76. The highest BCUT2D eigenvalue weighted by molar-refractivity contribution is 5.96. The van der Waals surface area contributed by atoms with Gasteiger partial charge in [-0.25, -0.2) is 9.59 Å². The summed E-state index contributed by atoms with van der Waals surface area (Å²) in [4.78, 5) is 37.2. The molecule has 8 nitrogen and oxygen atoms in total. The van der Waals surface area contributed by atoms with E-state index in [1.54, 1.807) is 37.1 Å². The summed E-state index contributed by atoms with van der Waals surface area (Å²) >= 11 is 0. The molecule has 142 valence electrons. The summed E-state index contributed by atoms with van der Waals surface area (Å²) in [7, 11) is 1.57. The Morgan fingerprint density at radius 3 is 2.50 bits per heavy atom. The first-order chi connectivity index (χ1) is 12.4. The van der Waals surface area contributed by atoms with Crippen molar-refractivity contribution in [3.8, 4) is 0 Å². The van der Waals surface area contributed by atoms with Crippen molar-refractivity contribution in [2.45, 2.75) is 32.7 Å². The van der Waals surface area contributed by atoms with E-state index in [1.807, 2.05) is 6.92 Å². The molecule has 4 amide bonds. The Bertz CT molecular complexity index is 669. The minimum Gasteiger partial charge on any atom is -0.450 e. The highest BCUT2D eigenvalue weighted by Gasteiger charge is 2.24. The van der Waals surface area contributed by atoms with Crippen LogP contribution in [-0.4, -0.2) is 55.7 Å². The fraction of sp³-hybridized carbons (Fsp3) is 0.500. The van der Waals surface area contributed by atoms with Crippen molar-refractivity contribution in [1.82, 2.24) is 15.5 Å². The molecule has 1 aliphatic heterocycles. The van der Waals surface area contributed by atoms with E-state index in [0.29, 0.717) is 43.8 Å². The number of hydrogen-bond acceptors (Lipinski definition) is 4. The zero-order valence-corrected chi connectivity index (χ0v) is 15.4. The van der Waals surface area contributed by atoms with Crippen molar-refractivity contribution in [3.63, 3.8) is 0 Å². The maximum Gasteiger partial charge on any atom is 0.409 e. The summed E-state index contributed by atoms with van der Waals surface area (Å²) in [6.45, 7) is 5.09. The van der Waals surface area contributed by atoms with Gasteiger partial charge in [0.05, 0.1) is 6.61 Å². The molecule has 1 saturated heterocycles. The molecular formula is C18H26N4O4. The van der Waals surface area contributed by atoms with Crippen LogP contribution in [0.25, 0.3) is 0 Å². The first-order valence-electron chi connectivity index (χ1n) is 8.76. The van der Waals surface area contributed by atoms with Crippen LogP contribution < -0.4 is 16.0 Å². The number of anilines is 1. The third-order valence-electron chi connectivity index (χ3n) is 4.32. The number of rotatable bonds is 4. The number of nitrogens with one attached hydrogen (secondary N) is 3. The van der Waals surface area contributed by atoms with Crippen LogP contribution >= 0.6 is 0 Å². The second-order valence-electron chi connectivity index (χ2n) is 6.17. The molecule has 0 saturated carbocycles. The lowest BCUT2D eigenvalue weighted by atomic mass is 10.1. The predicted molar refractivity (Wildman–Crippen MR) is 98.3 cm³/mol. The largest absolute Gasteiger partial charge is 0.450 e. The molecule has 0 aromatic heterocycles. The molecule has 1 aliphatic rings. The Morgan fingerprint density at radius 2 is 1.92 bits per heavy atom. The number of amides is 4. The molecule has 0 atom stereocenters. The SMILES string of the molecule is CCOC(=O)N1CCC(NC(=O)Nc2ccc(C(=O)NC)cc2C)CC1. The summed E-state index contributed by atoms with van der Waals surface area (Å²) in [5.74, 6) is -0.169. The summed E-state index contributed by atoms with van der Waals surface area (Å²) in [5.41, 5.74) is 2.00. The Balaban J connectivity index is 1.84. The monoisotopic (exact) mass is 362 g/mol. The fourth-order valence-electron chi connectivity index (χ4n) is 2.85. The highest BCUT2D eigenvalue weighted by Crippen LogP contribution is 2.17. The fourth-order valence-corrected chi connectivity index (χ4v) is 2.85. The summed E-state index contributed by atoms with van der Waals surface area (Å²) in [5, 5.41) is 8.30. The van der Waals surface area contributed by atoms with E-state index in [2.05, 4.69) is 16.0 Å². The van der Waals surface area contributed by atoms with Gasteiger partial charge in [0, 0.05) is 37.4 Å². The van der Waals surface area contributed by atoms with E-state index < -0.39 is 0 Å². The molecule has 1 heterocycles. The molecule has 0 bridgehead atoms. The quantitative estimate of drug-likeness (QED) is 0.764. The molecule has 1 fully saturated rings. The van der Waals surface area contributed by atoms with Crippen LogP contribution in [0.15, 0.2) is 18.2 Å². The lowest BCUT2D eigenvalue weighted by Gasteiger charge is -2.31. The Hall–Kier alpha value is -2.77. The van der Waals surface area contributed by atoms with Crippen molar-refractivity contribution in [3.05, 3.63) is 29.3 Å². The van der Waals surface area contributed by atoms with Crippen molar-refractivity contribution in [2.75, 3.05) is 32.1 Å². The first kappa shape index (κ1) is 19.6. The predicted octanol–water partition coefficient (Wildman–Crippen LogP) is 2.10. The van der Waals surface area contributed by atoms with Crippen LogP contribution in [0.3, 0.4) is 0 Å². The van der Waals surface area contributed by atoms with Gasteiger partial charge in [0.15, 0.2) is 0 Å². The second-order valence-corrected chi connectivity index (χ2v) is 6.17. The van der Waals surface area contributed by atoms with Gasteiger partial charge >= 0.3 is 12.1 Å². The number of likely N-dealkylation sites (tertiary alicyclic amines) is 1. The molecule has 0 spiro atoms. The zero-order chi connectivity index (χ0) is 19.1. The third-order valence-corrected chi connectivity index (χ3v) is 4.32. The van der Waals surface area contributed by atoms with Crippen molar-refractivity contribution >= 4 is 23.7 Å². The summed E-state index contributed by atoms with van der Waals surface area (Å²) in [6, 6.07) is 4.82. The van der Waals surface area contributed by atoms with Gasteiger partial charge in [-0.05, 0) is 50.5 Å². The normalized spacial score (nSPS) is 14.5. The number of carbonyl (C=O) groups is 3. The highest BCUT2D eigenvalue weighted by atomic mass is 16.6. The number of carbonyl (C=O) groups excluding carboxylic acids is 3. The molecule has 8 heteroatoms. The second kappa shape index (κ2) is 9.07. The van der Waals surface area contributed by atoms with Gasteiger partial charge in [0.25, 0.3) is 5.91 Å². The van der Waals surface area contributed by atoms with Gasteiger partial charge in [-0.2, -0.15) is 0 Å². The number of benzene rings is 1. The van der Waals surface area contributed by atoms with Crippen molar-refractivity contribution in [1.29, 1.82) is 0 Å². The van der Waals surface area contributed by atoms with E-state index in [1.165, 1.54) is 0 Å². The zero-order valence-electron chi connectivity index (χ0n) is 15.4. The maximum absolute atomic E-state index is 12.2. The van der Waals surface area contributed by atoms with Crippen molar-refractivity contribution < 1.29 is 19.1 Å². The van der Waals surface area contributed by atoms with E-state index in [0.717, 1.165) is 5.56 Å². The molecule has 26 heavy (non-hydrogen) atoms. The third kappa shape index (κ3) is 5.11. The molecule has 1 aromatic rings. The van der Waals surface area contributed by atoms with Crippen LogP contribution in [0.4, 0.5) is 15.3 Å². The minimum atomic E-state index is -0.303. The van der Waals surface area contributed by atoms with Gasteiger partial charge < -0.3 is 25.6 Å². The van der Waals surface area contributed by atoms with Crippen LogP contribution in [0.1, 0.15) is 35.7 Å². The number of hydrogen-bond donors (Lipinski definition) is 3.